The highest BCUT2D eigenvalue weighted by atomic mass is 16.4. The maximum absolute atomic E-state index is 9.85. The van der Waals surface area contributed by atoms with Crippen LogP contribution in [0.15, 0.2) is 23.4 Å². The van der Waals surface area contributed by atoms with Crippen LogP contribution >= 0.6 is 0 Å². The van der Waals surface area contributed by atoms with Gasteiger partial charge in [0.1, 0.15) is 17.2 Å². The molecule has 0 radical (unpaired) electrons. The molecule has 1 aromatic carbocycles. The first kappa shape index (κ1) is 11.4. The summed E-state index contributed by atoms with van der Waals surface area (Å²) in [6.07, 6.45) is 0. The third-order valence-electron chi connectivity index (χ3n) is 1.06. The molecule has 1 rings (SSSR count). The molecule has 0 unspecified atom stereocenters. The van der Waals surface area contributed by atoms with Crippen LogP contribution in [0.25, 0.3) is 0 Å². The molecule has 0 fully saturated rings. The monoisotopic (exact) mass is 185 g/mol. The molecule has 0 atom stereocenters. The van der Waals surface area contributed by atoms with Gasteiger partial charge in [-0.25, -0.2) is 0 Å². The molecule has 13 heavy (non-hydrogen) atoms. The van der Waals surface area contributed by atoms with Crippen LogP contribution in [0.3, 0.4) is 0 Å². The highest BCUT2D eigenvalue weighted by Gasteiger charge is 1.99. The predicted octanol–water partition coefficient (Wildman–Crippen LogP) is 1.76. The molecule has 0 saturated carbocycles. The summed E-state index contributed by atoms with van der Waals surface area (Å²) in [5, 5.41) is 20.1. The summed E-state index contributed by atoms with van der Waals surface area (Å²) >= 11 is 0. The van der Waals surface area contributed by atoms with Crippen LogP contribution in [0, 0.1) is 4.91 Å². The number of methoxy groups -OCH3 is 1. The van der Waals surface area contributed by atoms with E-state index < -0.39 is 0 Å². The first-order valence-corrected chi connectivity index (χ1v) is 3.41. The van der Waals surface area contributed by atoms with Crippen molar-refractivity contribution in [3.05, 3.63) is 23.1 Å². The van der Waals surface area contributed by atoms with Gasteiger partial charge < -0.3 is 14.9 Å². The second-order valence-corrected chi connectivity index (χ2v) is 2.17. The van der Waals surface area contributed by atoms with E-state index in [1.165, 1.54) is 12.1 Å². The lowest BCUT2D eigenvalue weighted by atomic mass is 10.3. The Morgan fingerprint density at radius 3 is 2.23 bits per heavy atom. The quantitative estimate of drug-likeness (QED) is 0.653. The van der Waals surface area contributed by atoms with Gasteiger partial charge in [0.15, 0.2) is 0 Å². The van der Waals surface area contributed by atoms with Crippen molar-refractivity contribution in [2.24, 2.45) is 5.18 Å². The Kier molecular flexibility index (Phi) is 5.22. The fraction of sp³-hybridized carbons (Fsp3) is 0.250. The minimum Gasteiger partial charge on any atom is -0.508 e. The van der Waals surface area contributed by atoms with Crippen LogP contribution in [0.2, 0.25) is 0 Å². The first-order chi connectivity index (χ1) is 6.15. The van der Waals surface area contributed by atoms with E-state index in [9.17, 15) is 4.91 Å². The largest absolute Gasteiger partial charge is 0.508 e. The van der Waals surface area contributed by atoms with Gasteiger partial charge in [-0.05, 0) is 17.3 Å². The Morgan fingerprint density at radius 2 is 1.85 bits per heavy atom. The van der Waals surface area contributed by atoms with Crippen molar-refractivity contribution in [1.82, 2.24) is 0 Å². The Morgan fingerprint density at radius 1 is 1.31 bits per heavy atom. The van der Waals surface area contributed by atoms with Crippen LogP contribution in [-0.4, -0.2) is 24.4 Å². The van der Waals surface area contributed by atoms with Gasteiger partial charge in [0.05, 0.1) is 0 Å². The summed E-state index contributed by atoms with van der Waals surface area (Å²) in [4.78, 5) is 9.85. The van der Waals surface area contributed by atoms with Crippen LogP contribution in [0.1, 0.15) is 0 Å². The summed E-state index contributed by atoms with van der Waals surface area (Å²) in [6.45, 7) is 0. The normalized spacial score (nSPS) is 8.46. The number of rotatable bonds is 1. The summed E-state index contributed by atoms with van der Waals surface area (Å²) in [5.74, 6) is -0.403. The van der Waals surface area contributed by atoms with Crippen LogP contribution in [0.4, 0.5) is 5.69 Å². The van der Waals surface area contributed by atoms with Crippen molar-refractivity contribution in [3.63, 3.8) is 0 Å². The molecule has 0 aliphatic carbocycles. The van der Waals surface area contributed by atoms with E-state index >= 15 is 0 Å². The average molecular weight is 185 g/mol. The van der Waals surface area contributed by atoms with Gasteiger partial charge in [0.25, 0.3) is 0 Å². The number of hydrogen-bond acceptors (Lipinski definition) is 5. The van der Waals surface area contributed by atoms with Crippen molar-refractivity contribution in [3.8, 4) is 11.5 Å². The van der Waals surface area contributed by atoms with Crippen molar-refractivity contribution in [2.75, 3.05) is 14.2 Å². The lowest BCUT2D eigenvalue weighted by molar-refractivity contribution is 0.277. The Balaban J connectivity index is 0.000000424. The van der Waals surface area contributed by atoms with E-state index in [0.29, 0.717) is 0 Å². The standard InChI is InChI=1S/C6H5NO3.C2H6O/c8-4-1-2-5(7-10)6(9)3-4;1-3-2/h1-3,8-9H;1-2H3. The van der Waals surface area contributed by atoms with Crippen molar-refractivity contribution in [1.29, 1.82) is 0 Å². The molecule has 2 N–H and O–H groups in total. The zero-order valence-corrected chi connectivity index (χ0v) is 7.39. The molecule has 0 bridgehead atoms. The van der Waals surface area contributed by atoms with E-state index in [0.717, 1.165) is 6.07 Å². The third kappa shape index (κ3) is 4.07. The molecule has 72 valence electrons. The molecule has 0 aromatic heterocycles. The van der Waals surface area contributed by atoms with E-state index in [4.69, 9.17) is 10.2 Å². The Hall–Kier alpha value is -1.62. The molecular weight excluding hydrogens is 174 g/mol. The second-order valence-electron chi connectivity index (χ2n) is 2.17. The fourth-order valence-corrected chi connectivity index (χ4v) is 0.589. The Bertz CT molecular complexity index is 275. The second kappa shape index (κ2) is 5.96. The van der Waals surface area contributed by atoms with Crippen molar-refractivity contribution >= 4 is 5.69 Å². The summed E-state index contributed by atoms with van der Waals surface area (Å²) in [6, 6.07) is 3.56. The van der Waals surface area contributed by atoms with Gasteiger partial charge in [0, 0.05) is 20.3 Å². The molecule has 0 aliphatic heterocycles. The van der Waals surface area contributed by atoms with Gasteiger partial charge in [-0.1, -0.05) is 0 Å². The summed E-state index contributed by atoms with van der Waals surface area (Å²) in [7, 11) is 3.25. The highest BCUT2D eigenvalue weighted by Crippen LogP contribution is 2.28. The van der Waals surface area contributed by atoms with E-state index in [-0.39, 0.29) is 17.2 Å². The lowest BCUT2D eigenvalue weighted by Crippen LogP contribution is -1.66. The van der Waals surface area contributed by atoms with Crippen molar-refractivity contribution in [2.45, 2.75) is 0 Å². The molecule has 0 spiro atoms. The number of aromatic hydroxyl groups is 2. The van der Waals surface area contributed by atoms with Crippen molar-refractivity contribution < 1.29 is 14.9 Å². The minimum absolute atomic E-state index is 0.0715. The molecule has 0 amide bonds. The molecule has 0 aliphatic rings. The summed E-state index contributed by atoms with van der Waals surface area (Å²) < 4.78 is 4.25. The molecule has 5 heteroatoms. The maximum atomic E-state index is 9.85. The Labute approximate surface area is 75.6 Å². The van der Waals surface area contributed by atoms with Gasteiger partial charge >= 0.3 is 0 Å². The molecule has 0 heterocycles. The maximum Gasteiger partial charge on any atom is 0.149 e. The molecule has 1 aromatic rings. The van der Waals surface area contributed by atoms with Gasteiger partial charge in [-0.2, -0.15) is 0 Å². The van der Waals surface area contributed by atoms with E-state index in [2.05, 4.69) is 9.91 Å². The zero-order valence-electron chi connectivity index (χ0n) is 7.39. The third-order valence-corrected chi connectivity index (χ3v) is 1.06. The first-order valence-electron chi connectivity index (χ1n) is 3.41. The number of phenols is 2. The number of nitrogens with zero attached hydrogens (tertiary/aromatic N) is 1. The SMILES string of the molecule is COC.O=Nc1ccc(O)cc1O. The highest BCUT2D eigenvalue weighted by molar-refractivity contribution is 5.53. The minimum atomic E-state index is -0.310. The molecule has 5 nitrogen and oxygen atoms in total. The predicted molar refractivity (Wildman–Crippen MR) is 48.2 cm³/mol. The lowest BCUT2D eigenvalue weighted by Gasteiger charge is -1.94. The van der Waals surface area contributed by atoms with Crippen LogP contribution < -0.4 is 0 Å². The zero-order chi connectivity index (χ0) is 10.3. The number of phenolic OH excluding ortho intramolecular Hbond substituents is 2. The van der Waals surface area contributed by atoms with Gasteiger partial charge in [-0.3, -0.25) is 0 Å². The van der Waals surface area contributed by atoms with Crippen LogP contribution in [0.5, 0.6) is 11.5 Å². The fourth-order valence-electron chi connectivity index (χ4n) is 0.589. The number of nitroso groups, excluding NO2 is 1. The number of hydrogen-bond donors (Lipinski definition) is 2. The van der Waals surface area contributed by atoms with E-state index in [1.807, 2.05) is 0 Å². The average Bonchev–Trinajstić information content (AvgIpc) is 2.06. The summed E-state index contributed by atoms with van der Waals surface area (Å²) in [5.41, 5.74) is -0.0715. The molecule has 0 saturated heterocycles. The van der Waals surface area contributed by atoms with Crippen LogP contribution in [-0.2, 0) is 4.74 Å². The molecular formula is C8H11NO4. The number of benzene rings is 1. The number of ether oxygens (including phenoxy) is 1. The smallest absolute Gasteiger partial charge is 0.149 e. The topological polar surface area (TPSA) is 79.1 Å². The van der Waals surface area contributed by atoms with Gasteiger partial charge in [0.2, 0.25) is 0 Å². The van der Waals surface area contributed by atoms with Gasteiger partial charge in [-0.15, -0.1) is 4.91 Å². The van der Waals surface area contributed by atoms with E-state index in [1.54, 1.807) is 14.2 Å².